The monoisotopic (exact) mass is 262 g/mol. The number of aliphatic hydroxyl groups is 1. The van der Waals surface area contributed by atoms with Crippen molar-refractivity contribution in [3.8, 4) is 5.75 Å². The average Bonchev–Trinajstić information content (AvgIpc) is 2.26. The van der Waals surface area contributed by atoms with Gasteiger partial charge >= 0.3 is 6.18 Å². The quantitative estimate of drug-likeness (QED) is 0.906. The second-order valence-corrected chi connectivity index (χ2v) is 3.97. The van der Waals surface area contributed by atoms with Crippen LogP contribution in [0.5, 0.6) is 5.75 Å². The molecule has 100 valence electrons. The summed E-state index contributed by atoms with van der Waals surface area (Å²) in [7, 11) is 1.38. The molecule has 6 heteroatoms. The molecule has 1 unspecified atom stereocenters. The highest BCUT2D eigenvalue weighted by Crippen LogP contribution is 2.42. The number of alkyl halides is 3. The van der Waals surface area contributed by atoms with Gasteiger partial charge in [-0.1, -0.05) is 12.1 Å². The van der Waals surface area contributed by atoms with Crippen LogP contribution in [0.2, 0.25) is 0 Å². The molecule has 18 heavy (non-hydrogen) atoms. The van der Waals surface area contributed by atoms with Crippen molar-refractivity contribution in [3.63, 3.8) is 0 Å². The Morgan fingerprint density at radius 1 is 1.28 bits per heavy atom. The first-order valence-corrected chi connectivity index (χ1v) is 5.14. The van der Waals surface area contributed by atoms with Crippen molar-refractivity contribution in [1.82, 2.24) is 0 Å². The van der Waals surface area contributed by atoms with Gasteiger partial charge in [-0.2, -0.15) is 13.2 Å². The zero-order valence-corrected chi connectivity index (χ0v) is 9.91. The van der Waals surface area contributed by atoms with Crippen LogP contribution in [0.4, 0.5) is 13.2 Å². The van der Waals surface area contributed by atoms with Crippen LogP contribution in [0, 0.1) is 0 Å². The molecule has 0 aliphatic carbocycles. The number of carbonyl (C=O) groups excluding carboxylic acids is 1. The normalized spacial score (nSPS) is 15.0. The molecule has 0 saturated heterocycles. The lowest BCUT2D eigenvalue weighted by atomic mass is 9.88. The molecular formula is C12H13F3O3. The van der Waals surface area contributed by atoms with Gasteiger partial charge in [-0.3, -0.25) is 4.79 Å². The third kappa shape index (κ3) is 2.81. The first-order chi connectivity index (χ1) is 8.20. The summed E-state index contributed by atoms with van der Waals surface area (Å²) in [5, 5.41) is 9.77. The van der Waals surface area contributed by atoms with Crippen molar-refractivity contribution < 1.29 is 27.8 Å². The molecule has 3 nitrogen and oxygen atoms in total. The van der Waals surface area contributed by atoms with Crippen LogP contribution in [0.3, 0.4) is 0 Å². The number of Topliss-reactive ketones (excluding diaryl/α,β-unsaturated/α-hetero) is 1. The first-order valence-electron chi connectivity index (χ1n) is 5.14. The maximum Gasteiger partial charge on any atom is 0.421 e. The molecule has 0 amide bonds. The van der Waals surface area contributed by atoms with E-state index in [4.69, 9.17) is 4.74 Å². The fourth-order valence-corrected chi connectivity index (χ4v) is 1.59. The Bertz CT molecular complexity index is 425. The third-order valence-electron chi connectivity index (χ3n) is 2.54. The number of methoxy groups -OCH3 is 1. The Morgan fingerprint density at radius 2 is 1.78 bits per heavy atom. The molecule has 1 aromatic rings. The van der Waals surface area contributed by atoms with Crippen LogP contribution in [-0.4, -0.2) is 24.2 Å². The van der Waals surface area contributed by atoms with E-state index < -0.39 is 24.0 Å². The van der Waals surface area contributed by atoms with Crippen LogP contribution >= 0.6 is 0 Å². The van der Waals surface area contributed by atoms with Gasteiger partial charge < -0.3 is 9.84 Å². The number of carbonyl (C=O) groups is 1. The van der Waals surface area contributed by atoms with E-state index in [0.29, 0.717) is 5.75 Å². The average molecular weight is 262 g/mol. The van der Waals surface area contributed by atoms with Crippen molar-refractivity contribution >= 4 is 5.78 Å². The van der Waals surface area contributed by atoms with Crippen LogP contribution in [0.25, 0.3) is 0 Å². The SMILES string of the molecule is COc1ccc(C(O)(CC(C)=O)C(F)(F)F)cc1. The molecule has 0 aliphatic heterocycles. The molecule has 1 atom stereocenters. The van der Waals surface area contributed by atoms with Gasteiger partial charge in [-0.05, 0) is 24.6 Å². The van der Waals surface area contributed by atoms with Crippen molar-refractivity contribution in [2.24, 2.45) is 0 Å². The number of halogens is 3. The zero-order chi connectivity index (χ0) is 14.0. The Kier molecular flexibility index (Phi) is 4.01. The molecule has 0 spiro atoms. The standard InChI is InChI=1S/C12H13F3O3/c1-8(16)7-11(17,12(13,14)15)9-3-5-10(18-2)6-4-9/h3-6,17H,7H2,1-2H3. The fourth-order valence-electron chi connectivity index (χ4n) is 1.59. The zero-order valence-electron chi connectivity index (χ0n) is 9.91. The van der Waals surface area contributed by atoms with E-state index in [9.17, 15) is 23.1 Å². The predicted molar refractivity (Wildman–Crippen MR) is 58.2 cm³/mol. The maximum absolute atomic E-state index is 12.9. The van der Waals surface area contributed by atoms with Crippen molar-refractivity contribution in [1.29, 1.82) is 0 Å². The first kappa shape index (κ1) is 14.5. The van der Waals surface area contributed by atoms with E-state index in [2.05, 4.69) is 0 Å². The van der Waals surface area contributed by atoms with Crippen LogP contribution in [0.15, 0.2) is 24.3 Å². The van der Waals surface area contributed by atoms with Crippen molar-refractivity contribution in [2.45, 2.75) is 25.1 Å². The summed E-state index contributed by atoms with van der Waals surface area (Å²) in [6.45, 7) is 1.00. The predicted octanol–water partition coefficient (Wildman–Crippen LogP) is 2.42. The minimum absolute atomic E-state index is 0.367. The van der Waals surface area contributed by atoms with Gasteiger partial charge in [0.1, 0.15) is 11.5 Å². The van der Waals surface area contributed by atoms with E-state index in [1.54, 1.807) is 0 Å². The molecular weight excluding hydrogens is 249 g/mol. The summed E-state index contributed by atoms with van der Waals surface area (Å²) in [6.07, 6.45) is -5.93. The molecule has 1 aromatic carbocycles. The van der Waals surface area contributed by atoms with Crippen molar-refractivity contribution in [3.05, 3.63) is 29.8 Å². The summed E-state index contributed by atoms with van der Waals surface area (Å²) in [6, 6.07) is 4.78. The summed E-state index contributed by atoms with van der Waals surface area (Å²) < 4.78 is 43.5. The molecule has 0 aliphatic rings. The van der Waals surface area contributed by atoms with Gasteiger partial charge in [-0.25, -0.2) is 0 Å². The number of ether oxygens (including phenoxy) is 1. The molecule has 1 N–H and O–H groups in total. The fraction of sp³-hybridized carbons (Fsp3) is 0.417. The largest absolute Gasteiger partial charge is 0.497 e. The van der Waals surface area contributed by atoms with E-state index in [1.165, 1.54) is 19.2 Å². The lowest BCUT2D eigenvalue weighted by molar-refractivity contribution is -0.267. The third-order valence-corrected chi connectivity index (χ3v) is 2.54. The van der Waals surface area contributed by atoms with E-state index in [0.717, 1.165) is 19.1 Å². The number of rotatable bonds is 4. The van der Waals surface area contributed by atoms with Crippen LogP contribution in [-0.2, 0) is 10.4 Å². The lowest BCUT2D eigenvalue weighted by Gasteiger charge is -2.30. The highest BCUT2D eigenvalue weighted by atomic mass is 19.4. The van der Waals surface area contributed by atoms with Crippen LogP contribution in [0.1, 0.15) is 18.9 Å². The van der Waals surface area contributed by atoms with E-state index in [-0.39, 0.29) is 5.56 Å². The topological polar surface area (TPSA) is 46.5 Å². The minimum atomic E-state index is -4.92. The van der Waals surface area contributed by atoms with Gasteiger partial charge in [0.2, 0.25) is 0 Å². The summed E-state index contributed by atoms with van der Waals surface area (Å²) in [4.78, 5) is 10.9. The number of hydrogen-bond acceptors (Lipinski definition) is 3. The molecule has 0 bridgehead atoms. The van der Waals surface area contributed by atoms with Crippen LogP contribution < -0.4 is 4.74 Å². The summed E-state index contributed by atoms with van der Waals surface area (Å²) in [5.41, 5.74) is -3.54. The molecule has 0 heterocycles. The summed E-state index contributed by atoms with van der Waals surface area (Å²) >= 11 is 0. The summed E-state index contributed by atoms with van der Waals surface area (Å²) in [5.74, 6) is -0.378. The van der Waals surface area contributed by atoms with Gasteiger partial charge in [-0.15, -0.1) is 0 Å². The molecule has 0 saturated carbocycles. The lowest BCUT2D eigenvalue weighted by Crippen LogP contribution is -2.43. The highest BCUT2D eigenvalue weighted by Gasteiger charge is 2.55. The Morgan fingerprint density at radius 3 is 2.11 bits per heavy atom. The van der Waals surface area contributed by atoms with E-state index in [1.807, 2.05) is 0 Å². The van der Waals surface area contributed by atoms with Gasteiger partial charge in [0.25, 0.3) is 0 Å². The molecule has 0 radical (unpaired) electrons. The highest BCUT2D eigenvalue weighted by molar-refractivity contribution is 5.77. The van der Waals surface area contributed by atoms with Gasteiger partial charge in [0, 0.05) is 6.42 Å². The Balaban J connectivity index is 3.21. The van der Waals surface area contributed by atoms with Crippen molar-refractivity contribution in [2.75, 3.05) is 7.11 Å². The molecule has 0 fully saturated rings. The minimum Gasteiger partial charge on any atom is -0.497 e. The molecule has 0 aromatic heterocycles. The van der Waals surface area contributed by atoms with Gasteiger partial charge in [0.15, 0.2) is 5.60 Å². The Hall–Kier alpha value is -1.56. The number of hydrogen-bond donors (Lipinski definition) is 1. The second kappa shape index (κ2) is 4.97. The Labute approximate surface area is 102 Å². The maximum atomic E-state index is 12.9. The number of ketones is 1. The van der Waals surface area contributed by atoms with E-state index >= 15 is 0 Å². The smallest absolute Gasteiger partial charge is 0.421 e. The van der Waals surface area contributed by atoms with Gasteiger partial charge in [0.05, 0.1) is 7.11 Å². The second-order valence-electron chi connectivity index (χ2n) is 3.97. The number of benzene rings is 1. The molecule has 1 rings (SSSR count).